The Balaban J connectivity index is 1.70. The molecule has 1 aromatic rings. The first-order valence-corrected chi connectivity index (χ1v) is 8.77. The lowest BCUT2D eigenvalue weighted by Crippen LogP contribution is -2.64. The summed E-state index contributed by atoms with van der Waals surface area (Å²) >= 11 is 0. The number of aliphatic hydroxyl groups is 1. The summed E-state index contributed by atoms with van der Waals surface area (Å²) in [6.07, 6.45) is 0.909. The number of benzene rings is 1. The highest BCUT2D eigenvalue weighted by atomic mass is 16.6. The molecule has 0 spiro atoms. The Hall–Kier alpha value is -1.59. The van der Waals surface area contributed by atoms with E-state index < -0.39 is 5.60 Å². The molecule has 2 atom stereocenters. The third kappa shape index (κ3) is 4.08. The van der Waals surface area contributed by atoms with Gasteiger partial charge in [-0.25, -0.2) is 4.79 Å². The molecule has 5 heteroatoms. The molecular weight excluding hydrogens is 304 g/mol. The normalized spacial score (nSPS) is 27.8. The molecule has 5 nitrogen and oxygen atoms in total. The van der Waals surface area contributed by atoms with Gasteiger partial charge in [0.25, 0.3) is 0 Å². The highest BCUT2D eigenvalue weighted by Crippen LogP contribution is 2.31. The molecule has 0 radical (unpaired) electrons. The molecule has 2 aliphatic rings. The van der Waals surface area contributed by atoms with Crippen molar-refractivity contribution < 1.29 is 14.6 Å². The topological polar surface area (TPSA) is 53.0 Å². The maximum atomic E-state index is 12.4. The summed E-state index contributed by atoms with van der Waals surface area (Å²) < 4.78 is 5.53. The molecule has 24 heavy (non-hydrogen) atoms. The summed E-state index contributed by atoms with van der Waals surface area (Å²) in [5.41, 5.74) is 0.793. The highest BCUT2D eigenvalue weighted by Gasteiger charge is 2.42. The summed E-state index contributed by atoms with van der Waals surface area (Å²) in [7, 11) is 0. The van der Waals surface area contributed by atoms with Crippen LogP contribution in [-0.4, -0.2) is 57.9 Å². The molecule has 1 N–H and O–H groups in total. The molecule has 2 fully saturated rings. The van der Waals surface area contributed by atoms with Gasteiger partial charge in [-0.3, -0.25) is 4.90 Å². The largest absolute Gasteiger partial charge is 0.444 e. The molecule has 0 aromatic heterocycles. The van der Waals surface area contributed by atoms with E-state index in [1.165, 1.54) is 5.56 Å². The quantitative estimate of drug-likeness (QED) is 0.904. The average molecular weight is 332 g/mol. The number of aliphatic hydroxyl groups excluding tert-OH is 1. The van der Waals surface area contributed by atoms with Crippen LogP contribution in [0.3, 0.4) is 0 Å². The van der Waals surface area contributed by atoms with Crippen LogP contribution < -0.4 is 0 Å². The fraction of sp³-hybridized carbons (Fsp3) is 0.632. The first-order chi connectivity index (χ1) is 11.3. The SMILES string of the molecule is CC(C)(C)OC(=O)N1CC2CC(O)CC(C1)N2Cc1ccccc1. The van der Waals surface area contributed by atoms with Gasteiger partial charge in [-0.05, 0) is 39.2 Å². The van der Waals surface area contributed by atoms with Crippen molar-refractivity contribution in [2.24, 2.45) is 0 Å². The number of hydrogen-bond donors (Lipinski definition) is 1. The van der Waals surface area contributed by atoms with Gasteiger partial charge in [-0.1, -0.05) is 30.3 Å². The van der Waals surface area contributed by atoms with E-state index in [2.05, 4.69) is 29.2 Å². The molecule has 0 saturated carbocycles. The van der Waals surface area contributed by atoms with E-state index in [0.717, 1.165) is 6.54 Å². The fourth-order valence-corrected chi connectivity index (χ4v) is 3.76. The Morgan fingerprint density at radius 1 is 1.17 bits per heavy atom. The fourth-order valence-electron chi connectivity index (χ4n) is 3.76. The summed E-state index contributed by atoms with van der Waals surface area (Å²) in [5, 5.41) is 10.1. The van der Waals surface area contributed by atoms with Crippen LogP contribution in [-0.2, 0) is 11.3 Å². The van der Waals surface area contributed by atoms with E-state index >= 15 is 0 Å². The number of hydrogen-bond acceptors (Lipinski definition) is 4. The average Bonchev–Trinajstić information content (AvgIpc) is 2.47. The van der Waals surface area contributed by atoms with Crippen molar-refractivity contribution in [3.05, 3.63) is 35.9 Å². The number of amides is 1. The Bertz CT molecular complexity index is 554. The Morgan fingerprint density at radius 2 is 1.75 bits per heavy atom. The number of nitrogens with zero attached hydrogens (tertiary/aromatic N) is 2. The Morgan fingerprint density at radius 3 is 2.29 bits per heavy atom. The van der Waals surface area contributed by atoms with E-state index in [1.807, 2.05) is 31.7 Å². The van der Waals surface area contributed by atoms with Gasteiger partial charge in [-0.2, -0.15) is 0 Å². The summed E-state index contributed by atoms with van der Waals surface area (Å²) in [6.45, 7) is 7.78. The molecular formula is C19H28N2O3. The van der Waals surface area contributed by atoms with Crippen LogP contribution in [0.4, 0.5) is 4.79 Å². The van der Waals surface area contributed by atoms with Crippen molar-refractivity contribution in [2.75, 3.05) is 13.1 Å². The number of likely N-dealkylation sites (tertiary alicyclic amines) is 1. The van der Waals surface area contributed by atoms with Gasteiger partial charge in [0.1, 0.15) is 5.60 Å². The molecule has 2 aliphatic heterocycles. The first kappa shape index (κ1) is 17.2. The predicted octanol–water partition coefficient (Wildman–Crippen LogP) is 2.63. The van der Waals surface area contributed by atoms with Crippen molar-refractivity contribution >= 4 is 6.09 Å². The zero-order chi connectivity index (χ0) is 17.3. The molecule has 2 saturated heterocycles. The lowest BCUT2D eigenvalue weighted by Gasteiger charge is -2.51. The summed E-state index contributed by atoms with van der Waals surface area (Å²) in [6, 6.07) is 10.8. The number of carbonyl (C=O) groups excluding carboxylic acids is 1. The van der Waals surface area contributed by atoms with Gasteiger partial charge in [0.2, 0.25) is 0 Å². The Kier molecular flexibility index (Phi) is 4.83. The van der Waals surface area contributed by atoms with Crippen molar-refractivity contribution in [3.63, 3.8) is 0 Å². The van der Waals surface area contributed by atoms with E-state index in [9.17, 15) is 9.90 Å². The van der Waals surface area contributed by atoms with Gasteiger partial charge in [0.05, 0.1) is 6.10 Å². The van der Waals surface area contributed by atoms with Crippen LogP contribution >= 0.6 is 0 Å². The van der Waals surface area contributed by atoms with Crippen LogP contribution in [0.25, 0.3) is 0 Å². The maximum Gasteiger partial charge on any atom is 0.410 e. The van der Waals surface area contributed by atoms with Crippen LogP contribution in [0.5, 0.6) is 0 Å². The number of fused-ring (bicyclic) bond motifs is 2. The zero-order valence-corrected chi connectivity index (χ0v) is 14.8. The van der Waals surface area contributed by atoms with Crippen LogP contribution in [0, 0.1) is 0 Å². The van der Waals surface area contributed by atoms with Crippen molar-refractivity contribution in [1.82, 2.24) is 9.80 Å². The smallest absolute Gasteiger partial charge is 0.410 e. The molecule has 2 bridgehead atoms. The van der Waals surface area contributed by atoms with Crippen LogP contribution in [0.2, 0.25) is 0 Å². The molecule has 0 aliphatic carbocycles. The van der Waals surface area contributed by atoms with Crippen molar-refractivity contribution in [3.8, 4) is 0 Å². The lowest BCUT2D eigenvalue weighted by atomic mass is 9.88. The number of carbonyl (C=O) groups is 1. The monoisotopic (exact) mass is 332 g/mol. The van der Waals surface area contributed by atoms with Gasteiger partial charge >= 0.3 is 6.09 Å². The van der Waals surface area contributed by atoms with Crippen molar-refractivity contribution in [1.29, 1.82) is 0 Å². The van der Waals surface area contributed by atoms with Crippen LogP contribution in [0.1, 0.15) is 39.2 Å². The van der Waals surface area contributed by atoms with Gasteiger partial charge < -0.3 is 14.7 Å². The maximum absolute atomic E-state index is 12.4. The number of ether oxygens (including phenoxy) is 1. The number of piperidine rings is 1. The van der Waals surface area contributed by atoms with Gasteiger partial charge in [-0.15, -0.1) is 0 Å². The second-order valence-electron chi connectivity index (χ2n) is 7.98. The minimum Gasteiger partial charge on any atom is -0.444 e. The molecule has 3 rings (SSSR count). The number of piperazine rings is 1. The molecule has 132 valence electrons. The lowest BCUT2D eigenvalue weighted by molar-refractivity contribution is -0.0659. The molecule has 2 heterocycles. The minimum atomic E-state index is -0.479. The van der Waals surface area contributed by atoms with Gasteiger partial charge in [0.15, 0.2) is 0 Å². The molecule has 1 aromatic carbocycles. The molecule has 1 amide bonds. The number of rotatable bonds is 2. The van der Waals surface area contributed by atoms with Gasteiger partial charge in [0, 0.05) is 31.7 Å². The highest BCUT2D eigenvalue weighted by molar-refractivity contribution is 5.68. The standard InChI is InChI=1S/C19H28N2O3/c1-19(2,3)24-18(23)20-12-15-9-17(22)10-16(13-20)21(15)11-14-7-5-4-6-8-14/h4-8,15-17,22H,9-13H2,1-3H3. The van der Waals surface area contributed by atoms with E-state index in [-0.39, 0.29) is 24.3 Å². The van der Waals surface area contributed by atoms with E-state index in [0.29, 0.717) is 25.9 Å². The van der Waals surface area contributed by atoms with E-state index in [4.69, 9.17) is 4.74 Å². The summed E-state index contributed by atoms with van der Waals surface area (Å²) in [5.74, 6) is 0. The minimum absolute atomic E-state index is 0.181. The third-order valence-electron chi connectivity index (χ3n) is 4.75. The second-order valence-corrected chi connectivity index (χ2v) is 7.98. The van der Waals surface area contributed by atoms with E-state index in [1.54, 1.807) is 0 Å². The Labute approximate surface area is 144 Å². The second kappa shape index (κ2) is 6.73. The molecule has 2 unspecified atom stereocenters. The predicted molar refractivity (Wildman–Crippen MR) is 92.6 cm³/mol. The van der Waals surface area contributed by atoms with Crippen molar-refractivity contribution in [2.45, 2.75) is 63.9 Å². The summed E-state index contributed by atoms with van der Waals surface area (Å²) in [4.78, 5) is 16.7. The first-order valence-electron chi connectivity index (χ1n) is 8.77. The third-order valence-corrected chi connectivity index (χ3v) is 4.75. The van der Waals surface area contributed by atoms with Crippen LogP contribution in [0.15, 0.2) is 30.3 Å². The zero-order valence-electron chi connectivity index (χ0n) is 14.8.